The zero-order chi connectivity index (χ0) is 19.7. The molecule has 4 rings (SSSR count). The molecule has 0 saturated carbocycles. The number of carbonyl (C=O) groups excluding carboxylic acids is 1. The van der Waals surface area contributed by atoms with Crippen LogP contribution in [0.4, 0.5) is 10.5 Å². The molecule has 1 saturated heterocycles. The first-order valence-corrected chi connectivity index (χ1v) is 11.7. The van der Waals surface area contributed by atoms with Gasteiger partial charge in [0, 0.05) is 48.2 Å². The summed E-state index contributed by atoms with van der Waals surface area (Å²) < 4.78 is 27.4. The smallest absolute Gasteiger partial charge is 0.321 e. The molecule has 1 fully saturated rings. The quantitative estimate of drug-likeness (QED) is 0.679. The van der Waals surface area contributed by atoms with Gasteiger partial charge in [-0.05, 0) is 25.0 Å². The van der Waals surface area contributed by atoms with Crippen molar-refractivity contribution < 1.29 is 13.2 Å². The summed E-state index contributed by atoms with van der Waals surface area (Å²) >= 11 is 1.58. The minimum absolute atomic E-state index is 0.227. The normalized spacial score (nSPS) is 17.8. The molecule has 1 atom stereocenters. The van der Waals surface area contributed by atoms with E-state index in [1.165, 1.54) is 0 Å². The van der Waals surface area contributed by atoms with Crippen LogP contribution in [0.3, 0.4) is 0 Å². The van der Waals surface area contributed by atoms with Crippen molar-refractivity contribution in [2.24, 2.45) is 0 Å². The minimum Gasteiger partial charge on any atom is -0.323 e. The number of hydrogen-bond donors (Lipinski definition) is 2. The number of rotatable bonds is 4. The lowest BCUT2D eigenvalue weighted by atomic mass is 10.1. The molecular formula is C18H21N5O3S2. The molecule has 3 aromatic rings. The van der Waals surface area contributed by atoms with Gasteiger partial charge in [-0.25, -0.2) is 22.9 Å². The van der Waals surface area contributed by atoms with Gasteiger partial charge in [0.15, 0.2) is 4.96 Å². The Kier molecular flexibility index (Phi) is 5.09. The first-order valence-electron chi connectivity index (χ1n) is 8.93. The van der Waals surface area contributed by atoms with Crippen LogP contribution in [0, 0.1) is 0 Å². The average Bonchev–Trinajstić information content (AvgIpc) is 3.23. The zero-order valence-electron chi connectivity index (χ0n) is 15.3. The molecule has 0 radical (unpaired) electrons. The zero-order valence-corrected chi connectivity index (χ0v) is 17.0. The third-order valence-electron chi connectivity index (χ3n) is 4.61. The van der Waals surface area contributed by atoms with Gasteiger partial charge in [-0.15, -0.1) is 11.3 Å². The second-order valence-corrected chi connectivity index (χ2v) is 9.55. The molecule has 2 N–H and O–H groups in total. The monoisotopic (exact) mass is 419 g/mol. The van der Waals surface area contributed by atoms with E-state index in [0.29, 0.717) is 18.8 Å². The van der Waals surface area contributed by atoms with Gasteiger partial charge in [0.25, 0.3) is 0 Å². The largest absolute Gasteiger partial charge is 0.323 e. The van der Waals surface area contributed by atoms with Crippen molar-refractivity contribution in [1.82, 2.24) is 19.0 Å². The summed E-state index contributed by atoms with van der Waals surface area (Å²) in [7, 11) is -3.28. The summed E-state index contributed by atoms with van der Waals surface area (Å²) in [4.78, 5) is 19.7. The van der Waals surface area contributed by atoms with Crippen LogP contribution in [-0.2, 0) is 10.0 Å². The van der Waals surface area contributed by atoms with Crippen molar-refractivity contribution in [3.63, 3.8) is 0 Å². The molecule has 28 heavy (non-hydrogen) atoms. The lowest BCUT2D eigenvalue weighted by Crippen LogP contribution is -2.50. The fourth-order valence-electron chi connectivity index (χ4n) is 3.35. The number of thiazole rings is 1. The Hall–Kier alpha value is -2.43. The standard InChI is InChI=1S/C18H21N5O3S2/c1-28(25,26)21-15-3-2-8-22(11-15)17(24)19-14-6-4-13(5-7-14)16-12-23-9-10-27-18(23)20-16/h4-7,9-10,12,15,21H,2-3,8,11H2,1H3,(H,19,24)/t15-/m1/s1. The Bertz CT molecular complexity index is 1060. The van der Waals surface area contributed by atoms with E-state index in [9.17, 15) is 13.2 Å². The van der Waals surface area contributed by atoms with Crippen LogP contribution in [0.5, 0.6) is 0 Å². The number of nitrogens with one attached hydrogen (secondary N) is 2. The van der Waals surface area contributed by atoms with Gasteiger partial charge < -0.3 is 10.2 Å². The Labute approximate surface area is 167 Å². The molecule has 2 amide bonds. The fourth-order valence-corrected chi connectivity index (χ4v) is 4.85. The summed E-state index contributed by atoms with van der Waals surface area (Å²) in [6.07, 6.45) is 6.57. The summed E-state index contributed by atoms with van der Waals surface area (Å²) in [5.74, 6) is 0. The van der Waals surface area contributed by atoms with E-state index in [-0.39, 0.29) is 12.1 Å². The average molecular weight is 420 g/mol. The second kappa shape index (κ2) is 7.53. The van der Waals surface area contributed by atoms with Crippen LogP contribution < -0.4 is 10.0 Å². The summed E-state index contributed by atoms with van der Waals surface area (Å²) in [5, 5.41) is 4.87. The predicted octanol–water partition coefficient (Wildman–Crippen LogP) is 2.61. The molecule has 10 heteroatoms. The first kappa shape index (κ1) is 18.9. The number of carbonyl (C=O) groups is 1. The van der Waals surface area contributed by atoms with Gasteiger partial charge in [-0.1, -0.05) is 12.1 Å². The minimum atomic E-state index is -3.28. The van der Waals surface area contributed by atoms with E-state index in [2.05, 4.69) is 15.0 Å². The molecule has 0 bridgehead atoms. The van der Waals surface area contributed by atoms with E-state index in [4.69, 9.17) is 0 Å². The SMILES string of the molecule is CS(=O)(=O)N[C@@H]1CCCN(C(=O)Nc2ccc(-c3cn4ccsc4n3)cc2)C1. The number of anilines is 1. The Morgan fingerprint density at radius 1 is 1.29 bits per heavy atom. The van der Waals surface area contributed by atoms with Crippen molar-refractivity contribution >= 4 is 38.0 Å². The van der Waals surface area contributed by atoms with Crippen LogP contribution in [0.25, 0.3) is 16.2 Å². The van der Waals surface area contributed by atoms with Gasteiger partial charge >= 0.3 is 6.03 Å². The highest BCUT2D eigenvalue weighted by Crippen LogP contribution is 2.23. The highest BCUT2D eigenvalue weighted by molar-refractivity contribution is 7.88. The van der Waals surface area contributed by atoms with E-state index in [0.717, 1.165) is 35.3 Å². The molecule has 0 aliphatic carbocycles. The van der Waals surface area contributed by atoms with Gasteiger partial charge in [0.05, 0.1) is 11.9 Å². The van der Waals surface area contributed by atoms with Crippen molar-refractivity contribution in [1.29, 1.82) is 0 Å². The molecule has 1 aliphatic heterocycles. The lowest BCUT2D eigenvalue weighted by molar-refractivity contribution is 0.190. The van der Waals surface area contributed by atoms with Gasteiger partial charge in [0.1, 0.15) is 0 Å². The van der Waals surface area contributed by atoms with E-state index < -0.39 is 10.0 Å². The number of aromatic nitrogens is 2. The predicted molar refractivity (Wildman–Crippen MR) is 110 cm³/mol. The highest BCUT2D eigenvalue weighted by atomic mass is 32.2. The number of imidazole rings is 1. The van der Waals surface area contributed by atoms with E-state index in [1.54, 1.807) is 16.2 Å². The summed E-state index contributed by atoms with van der Waals surface area (Å²) in [6, 6.07) is 7.06. The number of benzene rings is 1. The van der Waals surface area contributed by atoms with E-state index in [1.807, 2.05) is 46.4 Å². The van der Waals surface area contributed by atoms with Crippen LogP contribution in [0.1, 0.15) is 12.8 Å². The number of piperidine rings is 1. The van der Waals surface area contributed by atoms with Crippen molar-refractivity contribution in [2.45, 2.75) is 18.9 Å². The Morgan fingerprint density at radius 3 is 2.79 bits per heavy atom. The van der Waals surface area contributed by atoms with E-state index >= 15 is 0 Å². The first-order chi connectivity index (χ1) is 13.4. The number of nitrogens with zero attached hydrogens (tertiary/aromatic N) is 3. The number of amides is 2. The van der Waals surface area contributed by atoms with Crippen molar-refractivity contribution in [3.05, 3.63) is 42.0 Å². The van der Waals surface area contributed by atoms with Crippen molar-refractivity contribution in [3.8, 4) is 11.3 Å². The molecule has 1 aromatic carbocycles. The molecule has 1 aliphatic rings. The maximum atomic E-state index is 12.5. The van der Waals surface area contributed by atoms with Crippen LogP contribution >= 0.6 is 11.3 Å². The molecular weight excluding hydrogens is 398 g/mol. The molecule has 148 valence electrons. The Balaban J connectivity index is 1.39. The number of sulfonamides is 1. The maximum absolute atomic E-state index is 12.5. The fraction of sp³-hybridized carbons (Fsp3) is 0.333. The Morgan fingerprint density at radius 2 is 2.07 bits per heavy atom. The van der Waals surface area contributed by atoms with Crippen molar-refractivity contribution in [2.75, 3.05) is 24.7 Å². The third-order valence-corrected chi connectivity index (χ3v) is 6.15. The molecule has 0 spiro atoms. The van der Waals surface area contributed by atoms with Crippen LogP contribution in [0.15, 0.2) is 42.0 Å². The number of fused-ring (bicyclic) bond motifs is 1. The number of likely N-dealkylation sites (tertiary alicyclic amines) is 1. The lowest BCUT2D eigenvalue weighted by Gasteiger charge is -2.32. The van der Waals surface area contributed by atoms with Gasteiger partial charge in [0.2, 0.25) is 10.0 Å². The molecule has 2 aromatic heterocycles. The summed E-state index contributed by atoms with van der Waals surface area (Å²) in [5.41, 5.74) is 2.55. The molecule has 0 unspecified atom stereocenters. The highest BCUT2D eigenvalue weighted by Gasteiger charge is 2.25. The topological polar surface area (TPSA) is 95.8 Å². The van der Waals surface area contributed by atoms with Crippen LogP contribution in [0.2, 0.25) is 0 Å². The van der Waals surface area contributed by atoms with Gasteiger partial charge in [-0.3, -0.25) is 4.40 Å². The number of urea groups is 1. The second-order valence-electron chi connectivity index (χ2n) is 6.90. The maximum Gasteiger partial charge on any atom is 0.321 e. The molecule has 3 heterocycles. The molecule has 8 nitrogen and oxygen atoms in total. The third kappa shape index (κ3) is 4.34. The van der Waals surface area contributed by atoms with Crippen LogP contribution in [-0.4, -0.2) is 54.1 Å². The van der Waals surface area contributed by atoms with Gasteiger partial charge in [-0.2, -0.15) is 0 Å². The number of hydrogen-bond acceptors (Lipinski definition) is 5. The summed E-state index contributed by atoms with van der Waals surface area (Å²) in [6.45, 7) is 0.972.